The second kappa shape index (κ2) is 2.97. The molecule has 1 fully saturated rings. The number of dihydropyridines is 1. The number of allylic oxidation sites excluding steroid dienone is 1. The highest BCUT2D eigenvalue weighted by molar-refractivity contribution is 5.75. The molecule has 0 aromatic rings. The van der Waals surface area contributed by atoms with Crippen LogP contribution in [0.5, 0.6) is 0 Å². The summed E-state index contributed by atoms with van der Waals surface area (Å²) in [5.74, 6) is 0. The van der Waals surface area contributed by atoms with E-state index in [1.165, 1.54) is 32.1 Å². The average Bonchev–Trinajstić information content (AvgIpc) is 2.47. The predicted molar refractivity (Wildman–Crippen MR) is 56.1 cm³/mol. The largest absolute Gasteiger partial charge is 0.495 e. The van der Waals surface area contributed by atoms with Gasteiger partial charge in [-0.05, 0) is 25.3 Å². The Morgan fingerprint density at radius 1 is 1.36 bits per heavy atom. The zero-order chi connectivity index (χ0) is 9.43. The highest BCUT2D eigenvalue weighted by atomic mass is 16.5. The molecule has 1 aliphatic carbocycles. The van der Waals surface area contributed by atoms with Gasteiger partial charge in [-0.25, -0.2) is 0 Å². The number of hydrogen-bond donors (Lipinski definition) is 0. The van der Waals surface area contributed by atoms with Crippen molar-refractivity contribution in [1.82, 2.24) is 0 Å². The van der Waals surface area contributed by atoms with Crippen LogP contribution in [0.15, 0.2) is 29.1 Å². The second-order valence-electron chi connectivity index (χ2n) is 4.40. The lowest BCUT2D eigenvalue weighted by Gasteiger charge is -2.31. The number of rotatable bonds is 0. The summed E-state index contributed by atoms with van der Waals surface area (Å²) in [4.78, 5) is 4.43. The maximum Gasteiger partial charge on any atom is 0.113 e. The molecule has 74 valence electrons. The van der Waals surface area contributed by atoms with Gasteiger partial charge in [-0.2, -0.15) is 0 Å². The molecule has 2 heteroatoms. The molecule has 2 heterocycles. The lowest BCUT2D eigenvalue weighted by Crippen LogP contribution is -2.31. The molecule has 0 aromatic heterocycles. The van der Waals surface area contributed by atoms with Crippen molar-refractivity contribution in [2.24, 2.45) is 10.4 Å². The Bertz CT molecular complexity index is 329. The number of aliphatic imine (C=N–C) groups is 1. The first-order chi connectivity index (χ1) is 6.92. The van der Waals surface area contributed by atoms with Crippen LogP contribution in [0.4, 0.5) is 0 Å². The van der Waals surface area contributed by atoms with Gasteiger partial charge in [0.05, 0.1) is 11.1 Å². The van der Waals surface area contributed by atoms with Crippen molar-refractivity contribution in [2.75, 3.05) is 0 Å². The van der Waals surface area contributed by atoms with Crippen LogP contribution in [0.25, 0.3) is 0 Å². The van der Waals surface area contributed by atoms with Crippen LogP contribution in [-0.4, -0.2) is 12.3 Å². The summed E-state index contributed by atoms with van der Waals surface area (Å²) in [5.41, 5.74) is 1.28. The van der Waals surface area contributed by atoms with Crippen molar-refractivity contribution in [3.8, 4) is 0 Å². The van der Waals surface area contributed by atoms with Gasteiger partial charge < -0.3 is 4.74 Å². The molecule has 2 aliphatic heterocycles. The van der Waals surface area contributed by atoms with E-state index < -0.39 is 0 Å². The van der Waals surface area contributed by atoms with Crippen LogP contribution in [0.2, 0.25) is 0 Å². The Morgan fingerprint density at radius 3 is 3.36 bits per heavy atom. The summed E-state index contributed by atoms with van der Waals surface area (Å²) >= 11 is 0. The van der Waals surface area contributed by atoms with Gasteiger partial charge >= 0.3 is 0 Å². The molecule has 14 heavy (non-hydrogen) atoms. The third-order valence-corrected chi connectivity index (χ3v) is 3.65. The normalized spacial score (nSPS) is 39.4. The van der Waals surface area contributed by atoms with E-state index in [1.54, 1.807) is 0 Å². The number of nitrogens with zero attached hydrogens (tertiary/aromatic N) is 1. The van der Waals surface area contributed by atoms with Crippen molar-refractivity contribution >= 4 is 6.21 Å². The molecule has 0 amide bonds. The predicted octanol–water partition coefficient (Wildman–Crippen LogP) is 2.82. The van der Waals surface area contributed by atoms with Gasteiger partial charge in [-0.1, -0.05) is 18.9 Å². The fourth-order valence-corrected chi connectivity index (χ4v) is 2.85. The third-order valence-electron chi connectivity index (χ3n) is 3.65. The third kappa shape index (κ3) is 0.999. The Kier molecular flexibility index (Phi) is 1.76. The lowest BCUT2D eigenvalue weighted by molar-refractivity contribution is 0.0919. The summed E-state index contributed by atoms with van der Waals surface area (Å²) in [6.45, 7) is 0. The molecule has 2 unspecified atom stereocenters. The van der Waals surface area contributed by atoms with Gasteiger partial charge in [-0.15, -0.1) is 0 Å². The van der Waals surface area contributed by atoms with Gasteiger partial charge in [-0.3, -0.25) is 4.99 Å². The summed E-state index contributed by atoms with van der Waals surface area (Å²) in [7, 11) is 0. The first-order valence-electron chi connectivity index (χ1n) is 5.50. The average molecular weight is 189 g/mol. The maximum absolute atomic E-state index is 5.75. The van der Waals surface area contributed by atoms with E-state index in [-0.39, 0.29) is 5.41 Å². The Morgan fingerprint density at radius 2 is 2.36 bits per heavy atom. The van der Waals surface area contributed by atoms with Crippen LogP contribution in [0, 0.1) is 5.41 Å². The quantitative estimate of drug-likeness (QED) is 0.574. The van der Waals surface area contributed by atoms with Crippen molar-refractivity contribution < 1.29 is 4.74 Å². The van der Waals surface area contributed by atoms with Crippen LogP contribution < -0.4 is 0 Å². The fourth-order valence-electron chi connectivity index (χ4n) is 2.85. The minimum Gasteiger partial charge on any atom is -0.495 e. The van der Waals surface area contributed by atoms with Crippen molar-refractivity contribution in [1.29, 1.82) is 0 Å². The maximum atomic E-state index is 5.75. The van der Waals surface area contributed by atoms with E-state index >= 15 is 0 Å². The molecule has 0 aromatic carbocycles. The van der Waals surface area contributed by atoms with Crippen LogP contribution >= 0.6 is 0 Å². The highest BCUT2D eigenvalue weighted by Crippen LogP contribution is 2.49. The molecule has 1 saturated carbocycles. The standard InChI is InChI=1S/C12H15NO/c1-2-5-11-12(6-3-1)7-4-8-13-10(12)9-14-11/h4,7-9,11H,1-3,5-6H2. The highest BCUT2D eigenvalue weighted by Gasteiger charge is 2.46. The fraction of sp³-hybridized carbons (Fsp3) is 0.583. The van der Waals surface area contributed by atoms with Gasteiger partial charge in [0.2, 0.25) is 0 Å². The molecular weight excluding hydrogens is 174 g/mol. The monoisotopic (exact) mass is 189 g/mol. The van der Waals surface area contributed by atoms with Crippen LogP contribution in [-0.2, 0) is 4.74 Å². The first kappa shape index (κ1) is 8.27. The van der Waals surface area contributed by atoms with E-state index in [0.29, 0.717) is 6.10 Å². The van der Waals surface area contributed by atoms with Gasteiger partial charge in [0, 0.05) is 6.21 Å². The molecule has 0 radical (unpaired) electrons. The molecule has 2 atom stereocenters. The minimum absolute atomic E-state index is 0.130. The van der Waals surface area contributed by atoms with Crippen LogP contribution in [0.1, 0.15) is 32.1 Å². The van der Waals surface area contributed by atoms with Crippen molar-refractivity contribution in [3.05, 3.63) is 24.1 Å². The summed E-state index contributed by atoms with van der Waals surface area (Å²) < 4.78 is 5.75. The molecular formula is C12H15NO. The van der Waals surface area contributed by atoms with Crippen LogP contribution in [0.3, 0.4) is 0 Å². The molecule has 3 aliphatic rings. The zero-order valence-corrected chi connectivity index (χ0v) is 8.28. The van der Waals surface area contributed by atoms with E-state index in [2.05, 4.69) is 17.1 Å². The van der Waals surface area contributed by atoms with E-state index in [9.17, 15) is 0 Å². The van der Waals surface area contributed by atoms with E-state index in [1.807, 2.05) is 12.5 Å². The zero-order valence-electron chi connectivity index (χ0n) is 8.28. The molecule has 0 bridgehead atoms. The summed E-state index contributed by atoms with van der Waals surface area (Å²) in [6.07, 6.45) is 14.8. The number of ether oxygens (including phenoxy) is 1. The van der Waals surface area contributed by atoms with E-state index in [4.69, 9.17) is 4.74 Å². The molecule has 0 saturated heterocycles. The first-order valence-corrected chi connectivity index (χ1v) is 5.50. The Balaban J connectivity index is 2.01. The van der Waals surface area contributed by atoms with Gasteiger partial charge in [0.25, 0.3) is 0 Å². The van der Waals surface area contributed by atoms with Gasteiger partial charge in [0.15, 0.2) is 0 Å². The molecule has 1 spiro atoms. The smallest absolute Gasteiger partial charge is 0.113 e. The Labute approximate surface area is 84.4 Å². The summed E-state index contributed by atoms with van der Waals surface area (Å²) in [5, 5.41) is 0. The number of hydrogen-bond acceptors (Lipinski definition) is 2. The van der Waals surface area contributed by atoms with E-state index in [0.717, 1.165) is 5.70 Å². The SMILES string of the molecule is C1=CC23CCCCCC2OC=C3N=C1. The molecule has 0 N–H and O–H groups in total. The van der Waals surface area contributed by atoms with Crippen molar-refractivity contribution in [2.45, 2.75) is 38.2 Å². The second-order valence-corrected chi connectivity index (χ2v) is 4.40. The molecule has 3 rings (SSSR count). The summed E-state index contributed by atoms with van der Waals surface area (Å²) in [6, 6.07) is 0. The molecule has 2 nitrogen and oxygen atoms in total. The minimum atomic E-state index is 0.130. The van der Waals surface area contributed by atoms with Gasteiger partial charge in [0.1, 0.15) is 12.4 Å². The lowest BCUT2D eigenvalue weighted by atomic mass is 9.75. The topological polar surface area (TPSA) is 21.6 Å². The van der Waals surface area contributed by atoms with Crippen molar-refractivity contribution in [3.63, 3.8) is 0 Å². The Hall–Kier alpha value is -1.05.